The number of benzene rings is 1. The second-order valence-corrected chi connectivity index (χ2v) is 6.41. The summed E-state index contributed by atoms with van der Waals surface area (Å²) in [7, 11) is 0. The summed E-state index contributed by atoms with van der Waals surface area (Å²) in [5.74, 6) is 0.180. The number of ketones is 1. The van der Waals surface area contributed by atoms with Gasteiger partial charge in [0.25, 0.3) is 0 Å². The first kappa shape index (κ1) is 19.6. The topological polar surface area (TPSA) is 78.1 Å². The lowest BCUT2D eigenvalue weighted by Gasteiger charge is -2.25. The molecule has 1 unspecified atom stereocenters. The first-order valence-corrected chi connectivity index (χ1v) is 9.40. The number of oxime groups is 1. The number of carbonyl (C=O) groups is 2. The van der Waals surface area contributed by atoms with Crippen LogP contribution in [0.15, 0.2) is 69.6 Å². The zero-order valence-electron chi connectivity index (χ0n) is 16.0. The molecule has 0 radical (unpaired) electrons. The van der Waals surface area contributed by atoms with Crippen LogP contribution in [0.3, 0.4) is 0 Å². The Morgan fingerprint density at radius 1 is 1.14 bits per heavy atom. The molecule has 0 saturated carbocycles. The van der Waals surface area contributed by atoms with Crippen LogP contribution < -0.4 is 0 Å². The number of esters is 1. The Balaban J connectivity index is 1.98. The SMILES string of the molecule is CCON=C(CC)C1=C(OC(=O)c2ccccc2)CC(c2ccco2)CC1=O. The van der Waals surface area contributed by atoms with E-state index in [0.717, 1.165) is 0 Å². The van der Waals surface area contributed by atoms with Crippen molar-refractivity contribution in [3.63, 3.8) is 0 Å². The fourth-order valence-electron chi connectivity index (χ4n) is 3.19. The highest BCUT2D eigenvalue weighted by molar-refractivity contribution is 6.23. The largest absolute Gasteiger partial charge is 0.469 e. The molecule has 1 aliphatic rings. The van der Waals surface area contributed by atoms with Crippen LogP contribution in [-0.4, -0.2) is 24.1 Å². The molecule has 0 N–H and O–H groups in total. The second-order valence-electron chi connectivity index (χ2n) is 6.41. The van der Waals surface area contributed by atoms with Crippen molar-refractivity contribution in [2.24, 2.45) is 5.16 Å². The summed E-state index contributed by atoms with van der Waals surface area (Å²) in [5.41, 5.74) is 1.24. The smallest absolute Gasteiger partial charge is 0.343 e. The van der Waals surface area contributed by atoms with Crippen LogP contribution in [0.25, 0.3) is 0 Å². The molecule has 1 aromatic carbocycles. The van der Waals surface area contributed by atoms with Crippen LogP contribution in [-0.2, 0) is 14.4 Å². The average Bonchev–Trinajstić information content (AvgIpc) is 3.25. The summed E-state index contributed by atoms with van der Waals surface area (Å²) in [6, 6.07) is 12.3. The normalized spacial score (nSPS) is 17.6. The molecule has 28 heavy (non-hydrogen) atoms. The Morgan fingerprint density at radius 3 is 2.57 bits per heavy atom. The number of carbonyl (C=O) groups excluding carboxylic acids is 2. The van der Waals surface area contributed by atoms with Gasteiger partial charge in [-0.2, -0.15) is 0 Å². The Hall–Kier alpha value is -3.15. The lowest BCUT2D eigenvalue weighted by Crippen LogP contribution is -2.26. The first-order chi connectivity index (χ1) is 13.6. The van der Waals surface area contributed by atoms with E-state index in [2.05, 4.69) is 5.16 Å². The Kier molecular flexibility index (Phi) is 6.42. The molecule has 1 aromatic heterocycles. The minimum absolute atomic E-state index is 0.135. The Labute approximate surface area is 163 Å². The number of rotatable bonds is 7. The quantitative estimate of drug-likeness (QED) is 0.397. The predicted octanol–water partition coefficient (Wildman–Crippen LogP) is 4.64. The molecule has 0 saturated heterocycles. The molecule has 0 bridgehead atoms. The summed E-state index contributed by atoms with van der Waals surface area (Å²) in [6.45, 7) is 4.09. The average molecular weight is 381 g/mol. The van der Waals surface area contributed by atoms with Crippen LogP contribution >= 0.6 is 0 Å². The molecule has 0 amide bonds. The van der Waals surface area contributed by atoms with Crippen molar-refractivity contribution < 1.29 is 23.6 Å². The maximum Gasteiger partial charge on any atom is 0.343 e. The maximum absolute atomic E-state index is 13.0. The van der Waals surface area contributed by atoms with Gasteiger partial charge >= 0.3 is 5.97 Å². The van der Waals surface area contributed by atoms with E-state index < -0.39 is 5.97 Å². The molecule has 146 valence electrons. The first-order valence-electron chi connectivity index (χ1n) is 9.40. The van der Waals surface area contributed by atoms with Crippen molar-refractivity contribution in [3.05, 3.63) is 71.4 Å². The number of Topliss-reactive ketones (excluding diaryl/α,β-unsaturated/α-hetero) is 1. The molecule has 6 nitrogen and oxygen atoms in total. The number of allylic oxidation sites excluding steroid dienone is 2. The van der Waals surface area contributed by atoms with Gasteiger partial charge in [0.05, 0.1) is 23.1 Å². The van der Waals surface area contributed by atoms with E-state index >= 15 is 0 Å². The predicted molar refractivity (Wildman–Crippen MR) is 104 cm³/mol. The lowest BCUT2D eigenvalue weighted by molar-refractivity contribution is -0.116. The molecule has 6 heteroatoms. The van der Waals surface area contributed by atoms with Crippen LogP contribution in [0, 0.1) is 0 Å². The fraction of sp³-hybridized carbons (Fsp3) is 0.318. The van der Waals surface area contributed by atoms with Crippen molar-refractivity contribution in [1.29, 1.82) is 0 Å². The van der Waals surface area contributed by atoms with Gasteiger partial charge in [-0.3, -0.25) is 4.79 Å². The Morgan fingerprint density at radius 2 is 1.93 bits per heavy atom. The molecule has 1 heterocycles. The number of furan rings is 1. The highest BCUT2D eigenvalue weighted by atomic mass is 16.6. The van der Waals surface area contributed by atoms with Gasteiger partial charge in [0.1, 0.15) is 18.1 Å². The maximum atomic E-state index is 13.0. The molecule has 2 aromatic rings. The fourth-order valence-corrected chi connectivity index (χ4v) is 3.19. The van der Waals surface area contributed by atoms with Crippen LogP contribution in [0.1, 0.15) is 55.1 Å². The molecule has 0 fully saturated rings. The minimum atomic E-state index is -0.507. The van der Waals surface area contributed by atoms with Gasteiger partial charge in [0.15, 0.2) is 5.78 Å². The molecule has 3 rings (SSSR count). The molecule has 1 atom stereocenters. The molecular formula is C22H23NO5. The lowest BCUT2D eigenvalue weighted by atomic mass is 9.83. The number of hydrogen-bond donors (Lipinski definition) is 0. The number of ether oxygens (including phenoxy) is 1. The van der Waals surface area contributed by atoms with Gasteiger partial charge in [-0.05, 0) is 37.6 Å². The molecule has 0 aliphatic heterocycles. The van der Waals surface area contributed by atoms with Gasteiger partial charge in [0.2, 0.25) is 0 Å². The van der Waals surface area contributed by atoms with E-state index in [4.69, 9.17) is 14.0 Å². The van der Waals surface area contributed by atoms with E-state index in [1.54, 1.807) is 36.6 Å². The summed E-state index contributed by atoms with van der Waals surface area (Å²) < 4.78 is 11.2. The van der Waals surface area contributed by atoms with E-state index in [1.165, 1.54) is 0 Å². The van der Waals surface area contributed by atoms with Crippen molar-refractivity contribution in [3.8, 4) is 0 Å². The van der Waals surface area contributed by atoms with Gasteiger partial charge in [-0.25, -0.2) is 4.79 Å². The minimum Gasteiger partial charge on any atom is -0.469 e. The van der Waals surface area contributed by atoms with E-state index in [9.17, 15) is 9.59 Å². The zero-order valence-corrected chi connectivity index (χ0v) is 16.0. The Bertz CT molecular complexity index is 881. The summed E-state index contributed by atoms with van der Waals surface area (Å²) >= 11 is 0. The van der Waals surface area contributed by atoms with Gasteiger partial charge in [-0.1, -0.05) is 30.3 Å². The van der Waals surface area contributed by atoms with Crippen molar-refractivity contribution in [1.82, 2.24) is 0 Å². The standard InChI is InChI=1S/C22H23NO5/c1-3-17(23-27-4-2)21-18(24)13-16(19-11-8-12-26-19)14-20(21)28-22(25)15-9-6-5-7-10-15/h5-12,16H,3-4,13-14H2,1-2H3. The molecule has 1 aliphatic carbocycles. The van der Waals surface area contributed by atoms with Crippen molar-refractivity contribution in [2.45, 2.75) is 39.0 Å². The van der Waals surface area contributed by atoms with Crippen LogP contribution in [0.2, 0.25) is 0 Å². The van der Waals surface area contributed by atoms with Gasteiger partial charge in [-0.15, -0.1) is 0 Å². The highest BCUT2D eigenvalue weighted by Crippen LogP contribution is 2.36. The highest BCUT2D eigenvalue weighted by Gasteiger charge is 2.34. The van der Waals surface area contributed by atoms with E-state index in [1.807, 2.05) is 26.0 Å². The third-order valence-corrected chi connectivity index (χ3v) is 4.52. The second kappa shape index (κ2) is 9.17. The van der Waals surface area contributed by atoms with Crippen LogP contribution in [0.4, 0.5) is 0 Å². The molecular weight excluding hydrogens is 358 g/mol. The van der Waals surface area contributed by atoms with Gasteiger partial charge < -0.3 is 14.0 Å². The number of hydrogen-bond acceptors (Lipinski definition) is 6. The van der Waals surface area contributed by atoms with Crippen molar-refractivity contribution >= 4 is 17.5 Å². The summed E-state index contributed by atoms with van der Waals surface area (Å²) in [4.78, 5) is 30.8. The molecule has 0 spiro atoms. The van der Waals surface area contributed by atoms with E-state index in [-0.39, 0.29) is 18.1 Å². The van der Waals surface area contributed by atoms with Crippen LogP contribution in [0.5, 0.6) is 0 Å². The zero-order chi connectivity index (χ0) is 19.9. The van der Waals surface area contributed by atoms with E-state index in [0.29, 0.717) is 47.8 Å². The number of nitrogens with zero attached hydrogens (tertiary/aromatic N) is 1. The monoisotopic (exact) mass is 381 g/mol. The summed E-state index contributed by atoms with van der Waals surface area (Å²) in [5, 5.41) is 4.08. The van der Waals surface area contributed by atoms with Crippen molar-refractivity contribution in [2.75, 3.05) is 6.61 Å². The van der Waals surface area contributed by atoms with Gasteiger partial charge in [0, 0.05) is 18.8 Å². The third-order valence-electron chi connectivity index (χ3n) is 4.52. The summed E-state index contributed by atoms with van der Waals surface area (Å²) in [6.07, 6.45) is 2.69. The third kappa shape index (κ3) is 4.39.